The topological polar surface area (TPSA) is 21.3 Å². The number of rotatable bonds is 4. The van der Waals surface area contributed by atoms with Crippen LogP contribution in [0.25, 0.3) is 0 Å². The molecule has 3 heteroatoms. The number of benzene rings is 2. The zero-order valence-electron chi connectivity index (χ0n) is 11.4. The van der Waals surface area contributed by atoms with Gasteiger partial charge in [-0.15, -0.1) is 0 Å². The second-order valence-corrected chi connectivity index (χ2v) is 5.43. The van der Waals surface area contributed by atoms with Crippen molar-refractivity contribution < 1.29 is 4.74 Å². The van der Waals surface area contributed by atoms with Crippen LogP contribution in [0.5, 0.6) is 5.75 Å². The van der Waals surface area contributed by atoms with Crippen molar-refractivity contribution in [1.82, 2.24) is 0 Å². The molecule has 1 N–H and O–H groups in total. The summed E-state index contributed by atoms with van der Waals surface area (Å²) in [6, 6.07) is 14.7. The van der Waals surface area contributed by atoms with E-state index in [9.17, 15) is 0 Å². The predicted octanol–water partition coefficient (Wildman–Crippen LogP) is 4.94. The summed E-state index contributed by atoms with van der Waals surface area (Å²) in [5, 5.41) is 3.51. The summed E-state index contributed by atoms with van der Waals surface area (Å²) in [6.07, 6.45) is 0. The summed E-state index contributed by atoms with van der Waals surface area (Å²) in [6.45, 7) is 4.30. The monoisotopic (exact) mass is 319 g/mol. The molecule has 19 heavy (non-hydrogen) atoms. The van der Waals surface area contributed by atoms with E-state index in [1.54, 1.807) is 7.11 Å². The summed E-state index contributed by atoms with van der Waals surface area (Å²) in [5.74, 6) is 0.842. The van der Waals surface area contributed by atoms with Crippen LogP contribution in [-0.4, -0.2) is 7.11 Å². The van der Waals surface area contributed by atoms with Crippen LogP contribution in [0.15, 0.2) is 46.9 Å². The average Bonchev–Trinajstić information content (AvgIpc) is 2.39. The Kier molecular flexibility index (Phi) is 4.48. The van der Waals surface area contributed by atoms with Crippen LogP contribution in [0.1, 0.15) is 24.1 Å². The molecule has 0 amide bonds. The molecule has 0 bridgehead atoms. The predicted molar refractivity (Wildman–Crippen MR) is 83.9 cm³/mol. The van der Waals surface area contributed by atoms with Crippen molar-refractivity contribution in [3.05, 3.63) is 58.1 Å². The van der Waals surface area contributed by atoms with Crippen molar-refractivity contribution in [3.8, 4) is 5.75 Å². The van der Waals surface area contributed by atoms with E-state index in [1.165, 1.54) is 11.1 Å². The molecule has 0 heterocycles. The number of hydrogen-bond donors (Lipinski definition) is 1. The number of methoxy groups -OCH3 is 1. The summed E-state index contributed by atoms with van der Waals surface area (Å²) in [7, 11) is 1.67. The summed E-state index contributed by atoms with van der Waals surface area (Å²) in [4.78, 5) is 0. The van der Waals surface area contributed by atoms with Gasteiger partial charge >= 0.3 is 0 Å². The highest BCUT2D eigenvalue weighted by Gasteiger charge is 2.08. The van der Waals surface area contributed by atoms with E-state index in [0.29, 0.717) is 0 Å². The molecular weight excluding hydrogens is 302 g/mol. The highest BCUT2D eigenvalue weighted by atomic mass is 79.9. The van der Waals surface area contributed by atoms with E-state index in [-0.39, 0.29) is 6.04 Å². The van der Waals surface area contributed by atoms with Crippen LogP contribution < -0.4 is 10.1 Å². The first kappa shape index (κ1) is 13.9. The Morgan fingerprint density at radius 2 is 1.89 bits per heavy atom. The van der Waals surface area contributed by atoms with Crippen LogP contribution in [0.2, 0.25) is 0 Å². The molecule has 0 aliphatic heterocycles. The van der Waals surface area contributed by atoms with E-state index in [1.807, 2.05) is 18.2 Å². The van der Waals surface area contributed by atoms with Crippen molar-refractivity contribution in [2.75, 3.05) is 12.4 Å². The third kappa shape index (κ3) is 3.29. The highest BCUT2D eigenvalue weighted by Crippen LogP contribution is 2.30. The van der Waals surface area contributed by atoms with Gasteiger partial charge in [0.1, 0.15) is 5.75 Å². The summed E-state index contributed by atoms with van der Waals surface area (Å²) >= 11 is 3.50. The second kappa shape index (κ2) is 6.11. The number of nitrogens with one attached hydrogen (secondary N) is 1. The van der Waals surface area contributed by atoms with Gasteiger partial charge in [-0.25, -0.2) is 0 Å². The molecule has 2 nitrogen and oxygen atoms in total. The van der Waals surface area contributed by atoms with Gasteiger partial charge in [-0.3, -0.25) is 0 Å². The van der Waals surface area contributed by atoms with Gasteiger partial charge in [0.15, 0.2) is 0 Å². The minimum absolute atomic E-state index is 0.265. The second-order valence-electron chi connectivity index (χ2n) is 4.57. The normalized spacial score (nSPS) is 12.0. The molecule has 2 aromatic rings. The lowest BCUT2D eigenvalue weighted by molar-refractivity contribution is 0.412. The van der Waals surface area contributed by atoms with Gasteiger partial charge in [-0.2, -0.15) is 0 Å². The first-order valence-electron chi connectivity index (χ1n) is 6.27. The fourth-order valence-electron chi connectivity index (χ4n) is 2.16. The van der Waals surface area contributed by atoms with Crippen molar-refractivity contribution >= 4 is 21.6 Å². The lowest BCUT2D eigenvalue weighted by atomic mass is 10.0. The van der Waals surface area contributed by atoms with Crippen LogP contribution in [0.4, 0.5) is 5.69 Å². The third-order valence-electron chi connectivity index (χ3n) is 3.19. The van der Waals surface area contributed by atoms with Crippen molar-refractivity contribution in [2.45, 2.75) is 19.9 Å². The van der Waals surface area contributed by atoms with Gasteiger partial charge < -0.3 is 10.1 Å². The van der Waals surface area contributed by atoms with Gasteiger partial charge in [-0.05, 0) is 59.1 Å². The van der Waals surface area contributed by atoms with Crippen LogP contribution in [0.3, 0.4) is 0 Å². The number of aryl methyl sites for hydroxylation is 1. The molecule has 0 saturated heterocycles. The SMILES string of the molecule is COc1ccc(NC(C)c2ccccc2C)cc1Br. The molecule has 1 unspecified atom stereocenters. The standard InChI is InChI=1S/C16H18BrNO/c1-11-6-4-5-7-14(11)12(2)18-13-8-9-16(19-3)15(17)10-13/h4-10,12,18H,1-3H3. The summed E-state index contributed by atoms with van der Waals surface area (Å²) in [5.41, 5.74) is 3.69. The smallest absolute Gasteiger partial charge is 0.133 e. The summed E-state index contributed by atoms with van der Waals surface area (Å²) < 4.78 is 6.19. The van der Waals surface area contributed by atoms with Gasteiger partial charge in [0.05, 0.1) is 11.6 Å². The Balaban J connectivity index is 2.17. The molecule has 2 rings (SSSR count). The molecule has 2 aromatic carbocycles. The first-order valence-corrected chi connectivity index (χ1v) is 7.06. The van der Waals surface area contributed by atoms with Crippen LogP contribution in [-0.2, 0) is 0 Å². The Hall–Kier alpha value is -1.48. The van der Waals surface area contributed by atoms with Gasteiger partial charge in [0.2, 0.25) is 0 Å². The Labute approximate surface area is 122 Å². The van der Waals surface area contributed by atoms with Crippen molar-refractivity contribution in [2.24, 2.45) is 0 Å². The van der Waals surface area contributed by atoms with Gasteiger partial charge in [-0.1, -0.05) is 24.3 Å². The molecule has 0 aromatic heterocycles. The molecule has 0 spiro atoms. The minimum atomic E-state index is 0.265. The van der Waals surface area contributed by atoms with E-state index in [4.69, 9.17) is 4.74 Å². The molecule has 0 fully saturated rings. The maximum absolute atomic E-state index is 5.23. The molecule has 0 aliphatic carbocycles. The lowest BCUT2D eigenvalue weighted by Crippen LogP contribution is -2.08. The lowest BCUT2D eigenvalue weighted by Gasteiger charge is -2.18. The number of anilines is 1. The number of hydrogen-bond acceptors (Lipinski definition) is 2. The molecule has 100 valence electrons. The Bertz CT molecular complexity index is 568. The van der Waals surface area contributed by atoms with Gasteiger partial charge in [0.25, 0.3) is 0 Å². The van der Waals surface area contributed by atoms with E-state index in [2.05, 4.69) is 59.4 Å². The largest absolute Gasteiger partial charge is 0.496 e. The molecular formula is C16H18BrNO. The van der Waals surface area contributed by atoms with E-state index < -0.39 is 0 Å². The Morgan fingerprint density at radius 3 is 2.53 bits per heavy atom. The molecule has 0 radical (unpaired) electrons. The van der Waals surface area contributed by atoms with E-state index >= 15 is 0 Å². The zero-order chi connectivity index (χ0) is 13.8. The fourth-order valence-corrected chi connectivity index (χ4v) is 2.70. The molecule has 0 saturated carbocycles. The number of halogens is 1. The van der Waals surface area contributed by atoms with Crippen LogP contribution >= 0.6 is 15.9 Å². The fraction of sp³-hybridized carbons (Fsp3) is 0.250. The minimum Gasteiger partial charge on any atom is -0.496 e. The maximum atomic E-state index is 5.23. The highest BCUT2D eigenvalue weighted by molar-refractivity contribution is 9.10. The van der Waals surface area contributed by atoms with Crippen molar-refractivity contribution in [3.63, 3.8) is 0 Å². The van der Waals surface area contributed by atoms with Crippen LogP contribution in [0, 0.1) is 6.92 Å². The quantitative estimate of drug-likeness (QED) is 0.861. The maximum Gasteiger partial charge on any atom is 0.133 e. The van der Waals surface area contributed by atoms with E-state index in [0.717, 1.165) is 15.9 Å². The zero-order valence-corrected chi connectivity index (χ0v) is 13.0. The first-order chi connectivity index (χ1) is 9.11. The average molecular weight is 320 g/mol. The third-order valence-corrected chi connectivity index (χ3v) is 3.81. The van der Waals surface area contributed by atoms with Crippen molar-refractivity contribution in [1.29, 1.82) is 0 Å². The molecule has 0 aliphatic rings. The van der Waals surface area contributed by atoms with Gasteiger partial charge in [0, 0.05) is 11.7 Å². The Morgan fingerprint density at radius 1 is 1.16 bits per heavy atom. The molecule has 1 atom stereocenters. The number of ether oxygens (including phenoxy) is 1.